The monoisotopic (exact) mass is 660 g/mol. The summed E-state index contributed by atoms with van der Waals surface area (Å²) in [7, 11) is -0.528. The number of allylic oxidation sites excluding steroid dienone is 1. The van der Waals surface area contributed by atoms with Crippen molar-refractivity contribution in [1.82, 2.24) is 9.21 Å². The van der Waals surface area contributed by atoms with E-state index in [1.165, 1.54) is 52.2 Å². The van der Waals surface area contributed by atoms with Gasteiger partial charge in [0.25, 0.3) is 5.91 Å². The number of ether oxygens (including phenoxy) is 3. The van der Waals surface area contributed by atoms with Gasteiger partial charge < -0.3 is 24.2 Å². The Morgan fingerprint density at radius 1 is 0.957 bits per heavy atom. The number of aliphatic hydroxyl groups is 1. The van der Waals surface area contributed by atoms with Gasteiger partial charge in [0.15, 0.2) is 5.76 Å². The minimum atomic E-state index is -3.90. The number of rotatable bonds is 12. The summed E-state index contributed by atoms with van der Waals surface area (Å²) < 4.78 is 45.6. The summed E-state index contributed by atoms with van der Waals surface area (Å²) in [5.74, 6) is 0.525. The summed E-state index contributed by atoms with van der Waals surface area (Å²) in [6, 6.07) is 21.3. The Balaban J connectivity index is 1.20. The van der Waals surface area contributed by atoms with E-state index < -0.39 is 16.3 Å². The van der Waals surface area contributed by atoms with Gasteiger partial charge in [-0.15, -0.1) is 0 Å². The zero-order valence-electron chi connectivity index (χ0n) is 27.1. The van der Waals surface area contributed by atoms with E-state index in [9.17, 15) is 18.3 Å². The highest BCUT2D eigenvalue weighted by atomic mass is 32.2. The Labute approximate surface area is 277 Å². The molecule has 1 heterocycles. The molecule has 6 rings (SSSR count). The minimum Gasteiger partial charge on any atom is -0.497 e. The highest BCUT2D eigenvalue weighted by molar-refractivity contribution is 7.89. The summed E-state index contributed by atoms with van der Waals surface area (Å²) in [6.07, 6.45) is 7.88. The highest BCUT2D eigenvalue weighted by Gasteiger charge is 2.34. The lowest BCUT2D eigenvalue weighted by Crippen LogP contribution is -2.41. The fourth-order valence-electron chi connectivity index (χ4n) is 6.99. The predicted octanol–water partition coefficient (Wildman–Crippen LogP) is 5.47. The molecular formula is C37H44N2O7S. The van der Waals surface area contributed by atoms with E-state index in [-0.39, 0.29) is 54.8 Å². The lowest BCUT2D eigenvalue weighted by molar-refractivity contribution is -0.153. The Hall–Kier alpha value is -3.70. The van der Waals surface area contributed by atoms with Crippen LogP contribution in [0, 0.1) is 0 Å². The van der Waals surface area contributed by atoms with Crippen LogP contribution in [0.4, 0.5) is 0 Å². The first-order chi connectivity index (χ1) is 22.8. The number of methoxy groups -OCH3 is 1. The Bertz CT molecular complexity index is 1700. The third-order valence-electron chi connectivity index (χ3n) is 9.65. The second-order valence-corrected chi connectivity index (χ2v) is 14.5. The van der Waals surface area contributed by atoms with Crippen LogP contribution in [-0.2, 0) is 30.7 Å². The number of aliphatic hydroxyl groups excluding tert-OH is 1. The Morgan fingerprint density at radius 3 is 2.45 bits per heavy atom. The van der Waals surface area contributed by atoms with E-state index >= 15 is 0 Å². The third kappa shape index (κ3) is 7.26. The van der Waals surface area contributed by atoms with Gasteiger partial charge in [-0.3, -0.25) is 4.79 Å². The first kappa shape index (κ1) is 33.2. The zero-order chi connectivity index (χ0) is 33.0. The molecule has 0 aromatic heterocycles. The second-order valence-electron chi connectivity index (χ2n) is 12.6. The van der Waals surface area contributed by atoms with E-state index in [0.29, 0.717) is 12.2 Å². The summed E-state index contributed by atoms with van der Waals surface area (Å²) in [5.41, 5.74) is 6.16. The number of carbonyl (C=O) groups excluding carboxylic acids is 1. The molecule has 2 atom stereocenters. The van der Waals surface area contributed by atoms with Crippen molar-refractivity contribution in [3.8, 4) is 16.9 Å². The van der Waals surface area contributed by atoms with E-state index in [4.69, 9.17) is 14.2 Å². The maximum Gasteiger partial charge on any atom is 0.288 e. The number of likely N-dealkylation sites (N-methyl/N-ethyl adjacent to an activating group) is 1. The molecular weight excluding hydrogens is 616 g/mol. The largest absolute Gasteiger partial charge is 0.497 e. The quantitative estimate of drug-likeness (QED) is 0.215. The van der Waals surface area contributed by atoms with Crippen molar-refractivity contribution in [2.24, 2.45) is 0 Å². The number of fused-ring (bicyclic) bond motifs is 3. The average molecular weight is 661 g/mol. The van der Waals surface area contributed by atoms with E-state index in [1.807, 2.05) is 18.0 Å². The number of hydrogen-bond acceptors (Lipinski definition) is 7. The lowest BCUT2D eigenvalue weighted by Gasteiger charge is -2.35. The van der Waals surface area contributed by atoms with Crippen LogP contribution in [0.5, 0.6) is 5.75 Å². The van der Waals surface area contributed by atoms with Crippen LogP contribution in [0.15, 0.2) is 83.5 Å². The topological polar surface area (TPSA) is 106 Å². The molecule has 1 fully saturated rings. The van der Waals surface area contributed by atoms with Crippen LogP contribution in [0.1, 0.15) is 61.1 Å². The zero-order valence-corrected chi connectivity index (χ0v) is 28.0. The maximum atomic E-state index is 13.8. The molecule has 0 saturated heterocycles. The van der Waals surface area contributed by atoms with Crippen LogP contribution in [0.3, 0.4) is 0 Å². The van der Waals surface area contributed by atoms with Gasteiger partial charge >= 0.3 is 0 Å². The minimum absolute atomic E-state index is 0.00548. The van der Waals surface area contributed by atoms with Crippen molar-refractivity contribution in [3.05, 3.63) is 95.3 Å². The van der Waals surface area contributed by atoms with Crippen molar-refractivity contribution in [1.29, 1.82) is 0 Å². The van der Waals surface area contributed by atoms with Gasteiger partial charge in [-0.1, -0.05) is 61.7 Å². The molecule has 10 heteroatoms. The molecule has 0 radical (unpaired) electrons. The molecule has 250 valence electrons. The van der Waals surface area contributed by atoms with Crippen LogP contribution < -0.4 is 4.74 Å². The van der Waals surface area contributed by atoms with Gasteiger partial charge in [-0.05, 0) is 77.4 Å². The Kier molecular flexibility index (Phi) is 10.3. The normalized spacial score (nSPS) is 19.4. The molecule has 3 aromatic carbocycles. The molecule has 1 aliphatic heterocycles. The molecule has 0 bridgehead atoms. The summed E-state index contributed by atoms with van der Waals surface area (Å²) >= 11 is 0. The lowest BCUT2D eigenvalue weighted by atomic mass is 9.90. The van der Waals surface area contributed by atoms with Crippen molar-refractivity contribution in [3.63, 3.8) is 0 Å². The van der Waals surface area contributed by atoms with Gasteiger partial charge in [0.1, 0.15) is 5.75 Å². The van der Waals surface area contributed by atoms with Crippen molar-refractivity contribution in [2.45, 2.75) is 68.1 Å². The highest BCUT2D eigenvalue weighted by Crippen LogP contribution is 2.40. The number of hydrogen-bond donors (Lipinski definition) is 1. The average Bonchev–Trinajstić information content (AvgIpc) is 3.49. The molecule has 3 aromatic rings. The van der Waals surface area contributed by atoms with E-state index in [1.54, 1.807) is 12.1 Å². The number of benzene rings is 3. The first-order valence-electron chi connectivity index (χ1n) is 16.5. The van der Waals surface area contributed by atoms with Crippen LogP contribution in [-0.4, -0.2) is 81.4 Å². The summed E-state index contributed by atoms with van der Waals surface area (Å²) in [5, 5.41) is 9.68. The van der Waals surface area contributed by atoms with E-state index in [2.05, 4.69) is 42.5 Å². The van der Waals surface area contributed by atoms with Gasteiger partial charge in [0, 0.05) is 38.5 Å². The summed E-state index contributed by atoms with van der Waals surface area (Å²) in [4.78, 5) is 15.7. The predicted molar refractivity (Wildman–Crippen MR) is 179 cm³/mol. The molecule has 3 aliphatic rings. The third-order valence-corrected chi connectivity index (χ3v) is 11.6. The molecule has 0 spiro atoms. The van der Waals surface area contributed by atoms with Gasteiger partial charge in [-0.2, -0.15) is 4.31 Å². The van der Waals surface area contributed by atoms with Crippen molar-refractivity contribution >= 4 is 15.9 Å². The smallest absolute Gasteiger partial charge is 0.288 e. The van der Waals surface area contributed by atoms with Crippen LogP contribution in [0.25, 0.3) is 11.1 Å². The molecule has 1 saturated carbocycles. The van der Waals surface area contributed by atoms with Gasteiger partial charge in [-0.25, -0.2) is 8.42 Å². The fourth-order valence-corrected chi connectivity index (χ4v) is 8.41. The SMILES string of the molecule is COc1ccc(S(=O)(=O)N(CCO)CCO[C@H]2C[C@@H](c3ccc4c(c3)Cc3ccccc3-4)C=C(C(=O)N(C)C3CCCCC3)O2)cc1. The molecule has 9 nitrogen and oxygen atoms in total. The molecule has 1 amide bonds. The molecule has 47 heavy (non-hydrogen) atoms. The number of sulfonamides is 1. The van der Waals surface area contributed by atoms with Crippen LogP contribution >= 0.6 is 0 Å². The van der Waals surface area contributed by atoms with E-state index in [0.717, 1.165) is 37.7 Å². The second kappa shape index (κ2) is 14.6. The molecule has 0 unspecified atom stereocenters. The standard InChI is InChI=1S/C37H44N2O7S/c1-38(30-9-4-3-5-10-30)37(41)35-24-28(26-12-17-34-29(22-26)23-27-8-6-7-11-33(27)34)25-36(46-35)45-21-19-39(18-20-40)47(42,43)32-15-13-31(44-2)14-16-32/h6-8,11-17,22,24,28,30,36,40H,3-5,9-10,18-21,23,25H2,1-2H3/t28-,36+/m0/s1. The van der Waals surface area contributed by atoms with Crippen LogP contribution in [0.2, 0.25) is 0 Å². The molecule has 2 aliphatic carbocycles. The first-order valence-corrected chi connectivity index (χ1v) is 18.0. The maximum absolute atomic E-state index is 13.8. The van der Waals surface area contributed by atoms with Crippen molar-refractivity contribution < 1.29 is 32.5 Å². The number of carbonyl (C=O) groups is 1. The fraction of sp³-hybridized carbons (Fsp3) is 0.432. The van der Waals surface area contributed by atoms with Gasteiger partial charge in [0.05, 0.1) is 25.2 Å². The number of nitrogens with zero attached hydrogens (tertiary/aromatic N) is 2. The van der Waals surface area contributed by atoms with Crippen molar-refractivity contribution in [2.75, 3.05) is 40.5 Å². The molecule has 1 N–H and O–H groups in total. The van der Waals surface area contributed by atoms with Gasteiger partial charge in [0.2, 0.25) is 16.3 Å². The number of amides is 1. The summed E-state index contributed by atoms with van der Waals surface area (Å²) in [6.45, 7) is -0.397. The Morgan fingerprint density at radius 2 is 1.70 bits per heavy atom.